The molecule has 0 atom stereocenters. The topological polar surface area (TPSA) is 49.8 Å². The molecule has 5 rings (SSSR count). The maximum atomic E-state index is 13.7. The highest BCUT2D eigenvalue weighted by molar-refractivity contribution is 5.18. The minimum atomic E-state index is -0.872. The van der Waals surface area contributed by atoms with Crippen molar-refractivity contribution < 1.29 is 18.3 Å². The fourth-order valence-corrected chi connectivity index (χ4v) is 5.25. The van der Waals surface area contributed by atoms with Crippen molar-refractivity contribution >= 4 is 0 Å². The number of halogens is 1. The van der Waals surface area contributed by atoms with Crippen LogP contribution in [0.15, 0.2) is 63.6 Å². The number of aliphatic hydroxyl groups is 1. The predicted molar refractivity (Wildman–Crippen MR) is 125 cm³/mol. The standard InChI is InChI=1S/C28H34FNO3/c29-24-10-3-9-23(15-24)18-30(19-25-11-4-14-32-25)20-26-12-13-27(33-26)28(31,16-21-5-1-6-21)17-22-7-2-8-22/h3-4,9-15,21-22,31H,1-2,5-8,16-20H2. The molecule has 0 spiro atoms. The van der Waals surface area contributed by atoms with Crippen LogP contribution in [-0.4, -0.2) is 10.0 Å². The van der Waals surface area contributed by atoms with E-state index < -0.39 is 5.60 Å². The average Bonchev–Trinajstić information content (AvgIpc) is 3.40. The van der Waals surface area contributed by atoms with Crippen molar-refractivity contribution in [2.75, 3.05) is 0 Å². The van der Waals surface area contributed by atoms with Gasteiger partial charge >= 0.3 is 0 Å². The Morgan fingerprint density at radius 2 is 1.61 bits per heavy atom. The summed E-state index contributed by atoms with van der Waals surface area (Å²) in [5, 5.41) is 11.7. The Balaban J connectivity index is 1.32. The van der Waals surface area contributed by atoms with E-state index in [1.807, 2.05) is 30.3 Å². The zero-order valence-corrected chi connectivity index (χ0v) is 19.2. The van der Waals surface area contributed by atoms with Crippen molar-refractivity contribution in [1.82, 2.24) is 4.90 Å². The van der Waals surface area contributed by atoms with Crippen LogP contribution < -0.4 is 0 Å². The van der Waals surface area contributed by atoms with Crippen LogP contribution in [0.2, 0.25) is 0 Å². The lowest BCUT2D eigenvalue weighted by Gasteiger charge is -2.39. The highest BCUT2D eigenvalue weighted by Gasteiger charge is 2.40. The molecule has 4 nitrogen and oxygen atoms in total. The summed E-state index contributed by atoms with van der Waals surface area (Å²) >= 11 is 0. The lowest BCUT2D eigenvalue weighted by atomic mass is 9.70. The highest BCUT2D eigenvalue weighted by Crippen LogP contribution is 2.45. The first-order valence-corrected chi connectivity index (χ1v) is 12.4. The van der Waals surface area contributed by atoms with E-state index in [0.29, 0.717) is 37.2 Å². The van der Waals surface area contributed by atoms with Gasteiger partial charge in [-0.3, -0.25) is 4.90 Å². The minimum absolute atomic E-state index is 0.234. The SMILES string of the molecule is OC(CC1CCC1)(CC1CCC1)c1ccc(CN(Cc2cccc(F)c2)Cc2ccco2)o1. The van der Waals surface area contributed by atoms with E-state index in [1.165, 1.54) is 44.6 Å². The van der Waals surface area contributed by atoms with Gasteiger partial charge in [-0.05, 0) is 66.6 Å². The molecule has 2 fully saturated rings. The van der Waals surface area contributed by atoms with Crippen LogP contribution >= 0.6 is 0 Å². The molecule has 2 saturated carbocycles. The second-order valence-electron chi connectivity index (χ2n) is 10.2. The molecule has 2 aliphatic rings. The third kappa shape index (κ3) is 5.59. The lowest BCUT2D eigenvalue weighted by molar-refractivity contribution is -0.0494. The van der Waals surface area contributed by atoms with E-state index in [1.54, 1.807) is 18.4 Å². The molecule has 0 radical (unpaired) electrons. The molecule has 33 heavy (non-hydrogen) atoms. The van der Waals surface area contributed by atoms with Gasteiger partial charge in [-0.2, -0.15) is 0 Å². The van der Waals surface area contributed by atoms with Gasteiger partial charge < -0.3 is 13.9 Å². The Morgan fingerprint density at radius 3 is 2.21 bits per heavy atom. The average molecular weight is 452 g/mol. The van der Waals surface area contributed by atoms with E-state index >= 15 is 0 Å². The van der Waals surface area contributed by atoms with E-state index in [-0.39, 0.29) is 5.82 Å². The number of furan rings is 2. The van der Waals surface area contributed by atoms with Gasteiger partial charge in [0.2, 0.25) is 0 Å². The maximum absolute atomic E-state index is 13.7. The summed E-state index contributed by atoms with van der Waals surface area (Å²) in [6.45, 7) is 1.72. The first kappa shape index (κ1) is 22.4. The molecule has 0 amide bonds. The second-order valence-corrected chi connectivity index (χ2v) is 10.2. The van der Waals surface area contributed by atoms with Gasteiger partial charge in [0.15, 0.2) is 0 Å². The third-order valence-corrected chi connectivity index (χ3v) is 7.46. The summed E-state index contributed by atoms with van der Waals surface area (Å²) in [6, 6.07) is 14.5. The molecule has 0 saturated heterocycles. The zero-order valence-electron chi connectivity index (χ0n) is 19.2. The molecule has 2 aliphatic carbocycles. The van der Waals surface area contributed by atoms with Crippen LogP contribution in [0.4, 0.5) is 4.39 Å². The normalized spacial score (nSPS) is 17.3. The Kier molecular flexibility index (Phi) is 6.70. The third-order valence-electron chi connectivity index (χ3n) is 7.46. The molecular formula is C28H34FNO3. The minimum Gasteiger partial charge on any atom is -0.468 e. The first-order valence-electron chi connectivity index (χ1n) is 12.4. The number of hydrogen-bond acceptors (Lipinski definition) is 4. The van der Waals surface area contributed by atoms with Crippen LogP contribution in [0.25, 0.3) is 0 Å². The van der Waals surface area contributed by atoms with Gasteiger partial charge in [-0.25, -0.2) is 4.39 Å². The van der Waals surface area contributed by atoms with Crippen molar-refractivity contribution in [3.05, 3.63) is 83.5 Å². The van der Waals surface area contributed by atoms with Crippen LogP contribution in [0.3, 0.4) is 0 Å². The number of benzene rings is 1. The van der Waals surface area contributed by atoms with Crippen molar-refractivity contribution in [3.8, 4) is 0 Å². The predicted octanol–water partition coefficient (Wildman–Crippen LogP) is 6.78. The Hall–Kier alpha value is -2.37. The van der Waals surface area contributed by atoms with Crippen molar-refractivity contribution in [1.29, 1.82) is 0 Å². The fourth-order valence-electron chi connectivity index (χ4n) is 5.25. The van der Waals surface area contributed by atoms with E-state index in [9.17, 15) is 9.50 Å². The summed E-state index contributed by atoms with van der Waals surface area (Å²) in [5.41, 5.74) is 0.0304. The van der Waals surface area contributed by atoms with Gasteiger partial charge in [0.25, 0.3) is 0 Å². The first-order chi connectivity index (χ1) is 16.1. The lowest BCUT2D eigenvalue weighted by Crippen LogP contribution is -2.34. The van der Waals surface area contributed by atoms with E-state index in [2.05, 4.69) is 4.90 Å². The van der Waals surface area contributed by atoms with Crippen LogP contribution in [0.5, 0.6) is 0 Å². The summed E-state index contributed by atoms with van der Waals surface area (Å²) in [6.07, 6.45) is 10.7. The Morgan fingerprint density at radius 1 is 0.879 bits per heavy atom. The van der Waals surface area contributed by atoms with Crippen molar-refractivity contribution in [3.63, 3.8) is 0 Å². The summed E-state index contributed by atoms with van der Waals surface area (Å²) < 4.78 is 25.6. The van der Waals surface area contributed by atoms with E-state index in [4.69, 9.17) is 8.83 Å². The summed E-state index contributed by atoms with van der Waals surface area (Å²) in [5.74, 6) is 3.35. The largest absolute Gasteiger partial charge is 0.468 e. The molecule has 0 bridgehead atoms. The molecule has 5 heteroatoms. The second kappa shape index (κ2) is 9.86. The Bertz CT molecular complexity index is 1000. The van der Waals surface area contributed by atoms with Crippen LogP contribution in [0.1, 0.15) is 74.2 Å². The smallest absolute Gasteiger partial charge is 0.135 e. The van der Waals surface area contributed by atoms with Crippen LogP contribution in [0, 0.1) is 17.7 Å². The van der Waals surface area contributed by atoms with Gasteiger partial charge in [-0.15, -0.1) is 0 Å². The maximum Gasteiger partial charge on any atom is 0.135 e. The molecule has 1 N–H and O–H groups in total. The summed E-state index contributed by atoms with van der Waals surface area (Å²) in [4.78, 5) is 2.17. The Labute approximate surface area is 195 Å². The fraction of sp³-hybridized carbons (Fsp3) is 0.500. The summed E-state index contributed by atoms with van der Waals surface area (Å²) in [7, 11) is 0. The quantitative estimate of drug-likeness (QED) is 0.349. The molecule has 0 aliphatic heterocycles. The molecule has 2 aromatic heterocycles. The molecule has 0 unspecified atom stereocenters. The molecule has 3 aromatic rings. The van der Waals surface area contributed by atoms with Gasteiger partial charge in [0, 0.05) is 6.54 Å². The van der Waals surface area contributed by atoms with Crippen molar-refractivity contribution in [2.45, 2.75) is 76.6 Å². The number of nitrogens with zero attached hydrogens (tertiary/aromatic N) is 1. The molecular weight excluding hydrogens is 417 g/mol. The number of hydrogen-bond donors (Lipinski definition) is 1. The highest BCUT2D eigenvalue weighted by atomic mass is 19.1. The molecule has 176 valence electrons. The van der Waals surface area contributed by atoms with Gasteiger partial charge in [0.1, 0.15) is 28.7 Å². The number of rotatable bonds is 11. The van der Waals surface area contributed by atoms with Gasteiger partial charge in [-0.1, -0.05) is 50.7 Å². The van der Waals surface area contributed by atoms with Crippen molar-refractivity contribution in [2.24, 2.45) is 11.8 Å². The monoisotopic (exact) mass is 451 g/mol. The van der Waals surface area contributed by atoms with E-state index in [0.717, 1.165) is 29.9 Å². The van der Waals surface area contributed by atoms with Crippen LogP contribution in [-0.2, 0) is 25.2 Å². The molecule has 2 heterocycles. The van der Waals surface area contributed by atoms with Gasteiger partial charge in [0.05, 0.1) is 19.4 Å². The molecule has 1 aromatic carbocycles. The zero-order chi connectivity index (χ0) is 22.7.